The number of carbonyl (C=O) groups excluding carboxylic acids is 1. The fraction of sp³-hybridized carbons (Fsp3) is 0.875. The molecule has 0 aliphatic carbocycles. The Kier molecular flexibility index (Phi) is 9.08. The molecule has 0 rings (SSSR count). The van der Waals surface area contributed by atoms with E-state index in [4.69, 9.17) is 19.7 Å². The number of carbonyl (C=O) groups is 1. The average Bonchev–Trinajstić information content (AvgIpc) is 2.24. The lowest BCUT2D eigenvalue weighted by atomic mass is 10.8. The van der Waals surface area contributed by atoms with E-state index in [1.54, 1.807) is 0 Å². The number of nitrogens with zero attached hydrogens (tertiary/aromatic N) is 1. The number of aliphatic hydroxyl groups excluding tert-OH is 2. The van der Waals surface area contributed by atoms with Crippen LogP contribution in [0.4, 0.5) is 4.79 Å². The van der Waals surface area contributed by atoms with Crippen LogP contribution >= 0.6 is 0 Å². The van der Waals surface area contributed by atoms with Gasteiger partial charge in [0.2, 0.25) is 0 Å². The molecule has 15 heavy (non-hydrogen) atoms. The minimum absolute atomic E-state index is 0.0411. The Morgan fingerprint density at radius 2 is 1.80 bits per heavy atom. The van der Waals surface area contributed by atoms with Crippen molar-refractivity contribution in [2.45, 2.75) is 0 Å². The van der Waals surface area contributed by atoms with Gasteiger partial charge in [-0.15, -0.1) is 0 Å². The number of hydrogen-bond acceptors (Lipinski definition) is 6. The third kappa shape index (κ3) is 8.13. The zero-order valence-electron chi connectivity index (χ0n) is 8.72. The van der Waals surface area contributed by atoms with E-state index in [-0.39, 0.29) is 40.0 Å². The topological polar surface area (TPSA) is 88.5 Å². The second-order valence-corrected chi connectivity index (χ2v) is 2.62. The summed E-state index contributed by atoms with van der Waals surface area (Å²) >= 11 is 0. The molecule has 0 spiro atoms. The molecule has 0 aromatic carbocycles. The van der Waals surface area contributed by atoms with Gasteiger partial charge < -0.3 is 24.4 Å². The SMILES string of the molecule is CN(COCCO)C(=O)OCOCCO. The van der Waals surface area contributed by atoms with Crippen molar-refractivity contribution in [3.63, 3.8) is 0 Å². The number of rotatable bonds is 8. The fourth-order valence-electron chi connectivity index (χ4n) is 0.644. The van der Waals surface area contributed by atoms with Crippen molar-refractivity contribution >= 4 is 6.09 Å². The summed E-state index contributed by atoms with van der Waals surface area (Å²) in [6.07, 6.45) is -0.592. The van der Waals surface area contributed by atoms with E-state index >= 15 is 0 Å². The molecule has 0 fully saturated rings. The Morgan fingerprint density at radius 1 is 1.20 bits per heavy atom. The van der Waals surface area contributed by atoms with E-state index in [9.17, 15) is 4.79 Å². The summed E-state index contributed by atoms with van der Waals surface area (Å²) in [7, 11) is 1.49. The van der Waals surface area contributed by atoms with Crippen LogP contribution in [0.1, 0.15) is 0 Å². The molecule has 7 heteroatoms. The molecule has 0 aromatic heterocycles. The minimum Gasteiger partial charge on any atom is -0.422 e. The van der Waals surface area contributed by atoms with Crippen molar-refractivity contribution in [3.8, 4) is 0 Å². The van der Waals surface area contributed by atoms with E-state index in [0.717, 1.165) is 0 Å². The van der Waals surface area contributed by atoms with Gasteiger partial charge in [0.25, 0.3) is 0 Å². The summed E-state index contributed by atoms with van der Waals surface area (Å²) < 4.78 is 14.3. The zero-order chi connectivity index (χ0) is 11.5. The normalized spacial score (nSPS) is 10.1. The van der Waals surface area contributed by atoms with Crippen LogP contribution in [0.2, 0.25) is 0 Å². The van der Waals surface area contributed by atoms with Gasteiger partial charge in [-0.25, -0.2) is 4.79 Å². The van der Waals surface area contributed by atoms with Gasteiger partial charge in [0.1, 0.15) is 6.73 Å². The summed E-state index contributed by atoms with van der Waals surface area (Å²) in [4.78, 5) is 12.3. The van der Waals surface area contributed by atoms with Gasteiger partial charge in [-0.05, 0) is 0 Å². The summed E-state index contributed by atoms with van der Waals surface area (Å²) in [6.45, 7) is -0.0880. The van der Waals surface area contributed by atoms with E-state index < -0.39 is 6.09 Å². The summed E-state index contributed by atoms with van der Waals surface area (Å²) in [5.41, 5.74) is 0. The Bertz CT molecular complexity index is 165. The molecule has 7 nitrogen and oxygen atoms in total. The van der Waals surface area contributed by atoms with Crippen molar-refractivity contribution in [2.75, 3.05) is 47.0 Å². The zero-order valence-corrected chi connectivity index (χ0v) is 8.72. The van der Waals surface area contributed by atoms with E-state index in [1.165, 1.54) is 11.9 Å². The molecule has 0 radical (unpaired) electrons. The van der Waals surface area contributed by atoms with Gasteiger partial charge in [0.05, 0.1) is 26.4 Å². The summed E-state index contributed by atoms with van der Waals surface area (Å²) in [5.74, 6) is 0. The maximum Gasteiger partial charge on any atom is 0.413 e. The second kappa shape index (κ2) is 9.66. The average molecular weight is 223 g/mol. The quantitative estimate of drug-likeness (QED) is 0.405. The first-order valence-corrected chi connectivity index (χ1v) is 4.47. The van der Waals surface area contributed by atoms with E-state index in [2.05, 4.69) is 4.74 Å². The lowest BCUT2D eigenvalue weighted by molar-refractivity contribution is -0.0476. The van der Waals surface area contributed by atoms with Gasteiger partial charge in [-0.2, -0.15) is 0 Å². The predicted molar refractivity (Wildman–Crippen MR) is 50.1 cm³/mol. The van der Waals surface area contributed by atoms with Crippen molar-refractivity contribution < 1.29 is 29.2 Å². The van der Waals surface area contributed by atoms with Crippen molar-refractivity contribution in [3.05, 3.63) is 0 Å². The van der Waals surface area contributed by atoms with Crippen LogP contribution in [0.25, 0.3) is 0 Å². The molecule has 0 saturated heterocycles. The lowest BCUT2D eigenvalue weighted by Crippen LogP contribution is -2.31. The number of ether oxygens (including phenoxy) is 3. The molecule has 0 unspecified atom stereocenters. The van der Waals surface area contributed by atoms with E-state index in [0.29, 0.717) is 0 Å². The molecule has 0 heterocycles. The third-order valence-corrected chi connectivity index (χ3v) is 1.33. The molecule has 0 aliphatic heterocycles. The highest BCUT2D eigenvalue weighted by atomic mass is 16.7. The van der Waals surface area contributed by atoms with Crippen LogP contribution in [0.3, 0.4) is 0 Å². The minimum atomic E-state index is -0.592. The first kappa shape index (κ1) is 14.1. The molecule has 0 aromatic rings. The largest absolute Gasteiger partial charge is 0.422 e. The molecule has 0 atom stereocenters. The molecule has 1 amide bonds. The van der Waals surface area contributed by atoms with Crippen LogP contribution in [-0.4, -0.2) is 68.2 Å². The molecule has 0 bridgehead atoms. The molecule has 2 N–H and O–H groups in total. The van der Waals surface area contributed by atoms with Crippen LogP contribution < -0.4 is 0 Å². The van der Waals surface area contributed by atoms with Crippen LogP contribution in [0.5, 0.6) is 0 Å². The van der Waals surface area contributed by atoms with Crippen molar-refractivity contribution in [1.29, 1.82) is 0 Å². The van der Waals surface area contributed by atoms with E-state index in [1.807, 2.05) is 0 Å². The first-order chi connectivity index (χ1) is 7.22. The van der Waals surface area contributed by atoms with Gasteiger partial charge in [-0.3, -0.25) is 4.90 Å². The van der Waals surface area contributed by atoms with Crippen LogP contribution in [0.15, 0.2) is 0 Å². The Hall–Kier alpha value is -0.890. The second-order valence-electron chi connectivity index (χ2n) is 2.62. The van der Waals surface area contributed by atoms with Gasteiger partial charge in [0, 0.05) is 7.05 Å². The van der Waals surface area contributed by atoms with Crippen LogP contribution in [-0.2, 0) is 14.2 Å². The monoisotopic (exact) mass is 223 g/mol. The number of amides is 1. The standard InChI is InChI=1S/C8H17NO6/c1-9(6-13-4-2-10)8(12)15-7-14-5-3-11/h10-11H,2-7H2,1H3. The van der Waals surface area contributed by atoms with Crippen molar-refractivity contribution in [1.82, 2.24) is 4.90 Å². The first-order valence-electron chi connectivity index (χ1n) is 4.47. The fourth-order valence-corrected chi connectivity index (χ4v) is 0.644. The van der Waals surface area contributed by atoms with Gasteiger partial charge in [-0.1, -0.05) is 0 Å². The Balaban J connectivity index is 3.42. The summed E-state index contributed by atoms with van der Waals surface area (Å²) in [5, 5.41) is 16.8. The maximum absolute atomic E-state index is 11.1. The number of hydrogen-bond donors (Lipinski definition) is 2. The molecular weight excluding hydrogens is 206 g/mol. The maximum atomic E-state index is 11.1. The highest BCUT2D eigenvalue weighted by Gasteiger charge is 2.08. The smallest absolute Gasteiger partial charge is 0.413 e. The number of aliphatic hydroxyl groups is 2. The van der Waals surface area contributed by atoms with Gasteiger partial charge >= 0.3 is 6.09 Å². The van der Waals surface area contributed by atoms with Crippen molar-refractivity contribution in [2.24, 2.45) is 0 Å². The molecule has 0 saturated carbocycles. The predicted octanol–water partition coefficient (Wildman–Crippen LogP) is -1.01. The van der Waals surface area contributed by atoms with Crippen LogP contribution in [0, 0.1) is 0 Å². The Morgan fingerprint density at radius 3 is 2.40 bits per heavy atom. The highest BCUT2D eigenvalue weighted by molar-refractivity contribution is 5.66. The summed E-state index contributed by atoms with van der Waals surface area (Å²) in [6, 6.07) is 0. The highest BCUT2D eigenvalue weighted by Crippen LogP contribution is 1.91. The molecular formula is C8H17NO6. The van der Waals surface area contributed by atoms with Gasteiger partial charge in [0.15, 0.2) is 6.79 Å². The third-order valence-electron chi connectivity index (χ3n) is 1.33. The Labute approximate surface area is 88.1 Å². The lowest BCUT2D eigenvalue weighted by Gasteiger charge is -2.16. The molecule has 0 aliphatic rings. The molecule has 90 valence electrons.